The van der Waals surface area contributed by atoms with Crippen molar-refractivity contribution in [3.63, 3.8) is 0 Å². The summed E-state index contributed by atoms with van der Waals surface area (Å²) in [7, 11) is -3.50. The molecule has 1 aromatic rings. The van der Waals surface area contributed by atoms with E-state index in [0.717, 1.165) is 0 Å². The summed E-state index contributed by atoms with van der Waals surface area (Å²) in [5.74, 6) is 0.133. The van der Waals surface area contributed by atoms with Crippen LogP contribution < -0.4 is 15.8 Å². The Kier molecular flexibility index (Phi) is 5.03. The molecular formula is C13H19N3O4S. The average molecular weight is 313 g/mol. The van der Waals surface area contributed by atoms with Crippen molar-refractivity contribution in [3.05, 3.63) is 24.3 Å². The van der Waals surface area contributed by atoms with Crippen molar-refractivity contribution in [2.75, 3.05) is 37.7 Å². The zero-order valence-electron chi connectivity index (χ0n) is 11.6. The van der Waals surface area contributed by atoms with Crippen LogP contribution in [0.5, 0.6) is 5.75 Å². The summed E-state index contributed by atoms with van der Waals surface area (Å²) in [6.07, 6.45) is 0.615. The van der Waals surface area contributed by atoms with E-state index in [-0.39, 0.29) is 24.8 Å². The molecule has 0 unspecified atom stereocenters. The van der Waals surface area contributed by atoms with E-state index in [2.05, 4.69) is 5.32 Å². The molecule has 0 spiro atoms. The molecule has 7 nitrogen and oxygen atoms in total. The topological polar surface area (TPSA) is 102 Å². The number of sulfonamides is 1. The van der Waals surface area contributed by atoms with E-state index in [9.17, 15) is 13.2 Å². The van der Waals surface area contributed by atoms with Crippen LogP contribution >= 0.6 is 0 Å². The van der Waals surface area contributed by atoms with Crippen LogP contribution in [-0.4, -0.2) is 50.6 Å². The van der Waals surface area contributed by atoms with Gasteiger partial charge >= 0.3 is 0 Å². The zero-order valence-corrected chi connectivity index (χ0v) is 12.4. The SMILES string of the molecule is Nc1ccc(OCCS(=O)(=O)N2CCCNC(=O)C2)cc1. The third-order valence-corrected chi connectivity index (χ3v) is 4.89. The smallest absolute Gasteiger partial charge is 0.235 e. The molecule has 1 aliphatic rings. The highest BCUT2D eigenvalue weighted by atomic mass is 32.2. The summed E-state index contributed by atoms with van der Waals surface area (Å²) < 4.78 is 30.9. The van der Waals surface area contributed by atoms with Crippen molar-refractivity contribution in [2.24, 2.45) is 0 Å². The Morgan fingerprint density at radius 3 is 2.71 bits per heavy atom. The van der Waals surface area contributed by atoms with Gasteiger partial charge in [-0.15, -0.1) is 0 Å². The van der Waals surface area contributed by atoms with Crippen molar-refractivity contribution < 1.29 is 17.9 Å². The highest BCUT2D eigenvalue weighted by Crippen LogP contribution is 2.13. The molecule has 1 saturated heterocycles. The lowest BCUT2D eigenvalue weighted by Gasteiger charge is -2.18. The van der Waals surface area contributed by atoms with E-state index in [1.165, 1.54) is 4.31 Å². The van der Waals surface area contributed by atoms with Gasteiger partial charge in [0, 0.05) is 18.8 Å². The van der Waals surface area contributed by atoms with Gasteiger partial charge in [0.1, 0.15) is 12.4 Å². The van der Waals surface area contributed by atoms with E-state index >= 15 is 0 Å². The maximum absolute atomic E-state index is 12.2. The molecule has 0 atom stereocenters. The molecule has 8 heteroatoms. The number of nitrogens with two attached hydrogens (primary N) is 1. The summed E-state index contributed by atoms with van der Waals surface area (Å²) in [6.45, 7) is 0.768. The Balaban J connectivity index is 1.88. The number of rotatable bonds is 5. The van der Waals surface area contributed by atoms with Crippen LogP contribution in [-0.2, 0) is 14.8 Å². The number of benzene rings is 1. The van der Waals surface area contributed by atoms with Crippen molar-refractivity contribution in [2.45, 2.75) is 6.42 Å². The van der Waals surface area contributed by atoms with Gasteiger partial charge in [-0.1, -0.05) is 0 Å². The fourth-order valence-corrected chi connectivity index (χ4v) is 3.25. The molecule has 0 saturated carbocycles. The number of hydrogen-bond donors (Lipinski definition) is 2. The lowest BCUT2D eigenvalue weighted by atomic mass is 10.3. The van der Waals surface area contributed by atoms with E-state index in [4.69, 9.17) is 10.5 Å². The third-order valence-electron chi connectivity index (χ3n) is 3.11. The quantitative estimate of drug-likeness (QED) is 0.733. The normalized spacial score (nSPS) is 17.0. The van der Waals surface area contributed by atoms with Crippen LogP contribution in [0.25, 0.3) is 0 Å². The standard InChI is InChI=1S/C13H19N3O4S/c14-11-2-4-12(5-3-11)20-8-9-21(18,19)16-7-1-6-15-13(17)10-16/h2-5H,1,6-10,14H2,(H,15,17). The van der Waals surface area contributed by atoms with Crippen LogP contribution in [0.15, 0.2) is 24.3 Å². The van der Waals surface area contributed by atoms with Crippen molar-refractivity contribution >= 4 is 21.6 Å². The average Bonchev–Trinajstić information content (AvgIpc) is 2.66. The van der Waals surface area contributed by atoms with Gasteiger partial charge in [-0.25, -0.2) is 8.42 Å². The van der Waals surface area contributed by atoms with Crippen molar-refractivity contribution in [1.82, 2.24) is 9.62 Å². The number of carbonyl (C=O) groups is 1. The Morgan fingerprint density at radius 1 is 1.29 bits per heavy atom. The molecule has 0 aliphatic carbocycles. The number of nitrogen functional groups attached to an aromatic ring is 1. The van der Waals surface area contributed by atoms with Crippen LogP contribution in [0.3, 0.4) is 0 Å². The second-order valence-electron chi connectivity index (χ2n) is 4.77. The lowest BCUT2D eigenvalue weighted by Crippen LogP contribution is -2.39. The first-order valence-electron chi connectivity index (χ1n) is 6.70. The summed E-state index contributed by atoms with van der Waals surface area (Å²) in [6, 6.07) is 6.73. The van der Waals surface area contributed by atoms with E-state index < -0.39 is 10.0 Å². The van der Waals surface area contributed by atoms with Gasteiger partial charge in [0.25, 0.3) is 0 Å². The number of carbonyl (C=O) groups excluding carboxylic acids is 1. The third kappa shape index (κ3) is 4.61. The fourth-order valence-electron chi connectivity index (χ4n) is 1.97. The minimum atomic E-state index is -3.50. The number of anilines is 1. The minimum absolute atomic E-state index is 0.0321. The Morgan fingerprint density at radius 2 is 2.00 bits per heavy atom. The van der Waals surface area contributed by atoms with Gasteiger partial charge in [-0.3, -0.25) is 4.79 Å². The monoisotopic (exact) mass is 313 g/mol. The number of nitrogens with one attached hydrogen (secondary N) is 1. The molecular weight excluding hydrogens is 294 g/mol. The molecule has 1 heterocycles. The molecule has 0 bridgehead atoms. The van der Waals surface area contributed by atoms with Gasteiger partial charge in [-0.2, -0.15) is 4.31 Å². The predicted octanol–water partition coefficient (Wildman–Crippen LogP) is -0.201. The number of hydrogen-bond acceptors (Lipinski definition) is 5. The molecule has 1 fully saturated rings. The van der Waals surface area contributed by atoms with Gasteiger partial charge < -0.3 is 15.8 Å². The Bertz CT molecular complexity index is 586. The van der Waals surface area contributed by atoms with Crippen LogP contribution in [0.2, 0.25) is 0 Å². The molecule has 21 heavy (non-hydrogen) atoms. The van der Waals surface area contributed by atoms with Crippen molar-refractivity contribution in [3.8, 4) is 5.75 Å². The number of nitrogens with zero attached hydrogens (tertiary/aromatic N) is 1. The maximum Gasteiger partial charge on any atom is 0.235 e. The highest BCUT2D eigenvalue weighted by molar-refractivity contribution is 7.89. The van der Waals surface area contributed by atoms with Crippen LogP contribution in [0.4, 0.5) is 5.69 Å². The van der Waals surface area contributed by atoms with Gasteiger partial charge in [0.05, 0.1) is 12.3 Å². The zero-order chi connectivity index (χ0) is 15.3. The van der Waals surface area contributed by atoms with Crippen molar-refractivity contribution in [1.29, 1.82) is 0 Å². The fraction of sp³-hybridized carbons (Fsp3) is 0.462. The van der Waals surface area contributed by atoms with Gasteiger partial charge in [0.15, 0.2) is 0 Å². The maximum atomic E-state index is 12.2. The molecule has 1 amide bonds. The van der Waals surface area contributed by atoms with E-state index in [1.54, 1.807) is 24.3 Å². The summed E-state index contributed by atoms with van der Waals surface area (Å²) in [5.41, 5.74) is 6.17. The summed E-state index contributed by atoms with van der Waals surface area (Å²) in [5, 5.41) is 2.65. The van der Waals surface area contributed by atoms with Gasteiger partial charge in [0.2, 0.25) is 15.9 Å². The first-order chi connectivity index (χ1) is 9.97. The second kappa shape index (κ2) is 6.77. The van der Waals surface area contributed by atoms with Crippen LogP contribution in [0, 0.1) is 0 Å². The Labute approximate surface area is 124 Å². The largest absolute Gasteiger partial charge is 0.492 e. The molecule has 1 aliphatic heterocycles. The van der Waals surface area contributed by atoms with E-state index in [1.807, 2.05) is 0 Å². The first-order valence-corrected chi connectivity index (χ1v) is 8.31. The molecule has 1 aromatic carbocycles. The van der Waals surface area contributed by atoms with E-state index in [0.29, 0.717) is 30.9 Å². The van der Waals surface area contributed by atoms with Crippen LogP contribution in [0.1, 0.15) is 6.42 Å². The van der Waals surface area contributed by atoms with Gasteiger partial charge in [-0.05, 0) is 30.7 Å². The second-order valence-corrected chi connectivity index (χ2v) is 6.86. The lowest BCUT2D eigenvalue weighted by molar-refractivity contribution is -0.120. The number of amides is 1. The summed E-state index contributed by atoms with van der Waals surface area (Å²) in [4.78, 5) is 11.4. The molecule has 0 aromatic heterocycles. The number of ether oxygens (including phenoxy) is 1. The Hall–Kier alpha value is -1.80. The minimum Gasteiger partial charge on any atom is -0.492 e. The molecule has 116 valence electrons. The highest BCUT2D eigenvalue weighted by Gasteiger charge is 2.26. The summed E-state index contributed by atoms with van der Waals surface area (Å²) >= 11 is 0. The molecule has 0 radical (unpaired) electrons. The predicted molar refractivity (Wildman–Crippen MR) is 79.3 cm³/mol. The molecule has 2 rings (SSSR count). The first kappa shape index (κ1) is 15.6. The molecule has 3 N–H and O–H groups in total.